The molecule has 0 aliphatic rings. The molecule has 22 heavy (non-hydrogen) atoms. The zero-order valence-electron chi connectivity index (χ0n) is 12.1. The molecule has 0 radical (unpaired) electrons. The van der Waals surface area contributed by atoms with Crippen LogP contribution in [-0.2, 0) is 9.84 Å². The van der Waals surface area contributed by atoms with E-state index < -0.39 is 15.1 Å². The third-order valence-electron chi connectivity index (χ3n) is 3.33. The number of fused-ring (bicyclic) bond motifs is 1. The van der Waals surface area contributed by atoms with E-state index in [-0.39, 0.29) is 0 Å². The van der Waals surface area contributed by atoms with Crippen molar-refractivity contribution in [3.05, 3.63) is 42.0 Å². The van der Waals surface area contributed by atoms with Crippen LogP contribution in [0.2, 0.25) is 0 Å². The van der Waals surface area contributed by atoms with Gasteiger partial charge in [-0.2, -0.15) is 0 Å². The molecule has 3 aromatic rings. The number of aromatic nitrogens is 2. The maximum atomic E-state index is 12.1. The number of nitrogens with one attached hydrogen (secondary N) is 1. The highest BCUT2D eigenvalue weighted by Crippen LogP contribution is 2.27. The number of benzene rings is 1. The number of hydrogen-bond donors (Lipinski definition) is 1. The maximum absolute atomic E-state index is 12.1. The van der Waals surface area contributed by atoms with Gasteiger partial charge in [-0.15, -0.1) is 11.3 Å². The molecule has 0 saturated carbocycles. The first-order valence-corrected chi connectivity index (χ1v) is 9.20. The molecule has 0 bridgehead atoms. The zero-order chi connectivity index (χ0) is 15.7. The molecule has 1 N–H and O–H groups in total. The largest absolute Gasteiger partial charge is 0.340 e. The monoisotopic (exact) mass is 333 g/mol. The number of thiophene rings is 1. The lowest BCUT2D eigenvalue weighted by atomic mass is 10.3. The van der Waals surface area contributed by atoms with Gasteiger partial charge in [0.2, 0.25) is 0 Å². The fourth-order valence-corrected chi connectivity index (χ4v) is 3.82. The Hall–Kier alpha value is -1.99. The van der Waals surface area contributed by atoms with Crippen LogP contribution in [0.4, 0.5) is 11.5 Å². The summed E-state index contributed by atoms with van der Waals surface area (Å²) in [6.07, 6.45) is 1.51. The number of sulfone groups is 1. The van der Waals surface area contributed by atoms with Crippen molar-refractivity contribution in [3.63, 3.8) is 0 Å². The van der Waals surface area contributed by atoms with E-state index in [0.29, 0.717) is 10.7 Å². The molecule has 2 aromatic heterocycles. The van der Waals surface area contributed by atoms with Gasteiger partial charge in [-0.25, -0.2) is 18.4 Å². The highest BCUT2D eigenvalue weighted by molar-refractivity contribution is 7.92. The van der Waals surface area contributed by atoms with Gasteiger partial charge in [-0.3, -0.25) is 0 Å². The predicted molar refractivity (Wildman–Crippen MR) is 89.5 cm³/mol. The Morgan fingerprint density at radius 1 is 1.09 bits per heavy atom. The lowest BCUT2D eigenvalue weighted by molar-refractivity contribution is 0.587. The molecular weight excluding hydrogens is 318 g/mol. The van der Waals surface area contributed by atoms with Gasteiger partial charge in [0.25, 0.3) is 0 Å². The quantitative estimate of drug-likeness (QED) is 0.789. The third kappa shape index (κ3) is 2.69. The van der Waals surface area contributed by atoms with E-state index >= 15 is 0 Å². The van der Waals surface area contributed by atoms with Crippen LogP contribution >= 0.6 is 11.3 Å². The minimum Gasteiger partial charge on any atom is -0.340 e. The second kappa shape index (κ2) is 5.66. The summed E-state index contributed by atoms with van der Waals surface area (Å²) in [4.78, 5) is 9.68. The minimum atomic E-state index is -3.24. The number of anilines is 2. The fourth-order valence-electron chi connectivity index (χ4n) is 2.03. The van der Waals surface area contributed by atoms with Crippen molar-refractivity contribution in [2.45, 2.75) is 24.0 Å². The van der Waals surface area contributed by atoms with Gasteiger partial charge >= 0.3 is 0 Å². The minimum absolute atomic E-state index is 0.330. The normalized spacial score (nSPS) is 12.0. The molecule has 3 rings (SSSR count). The summed E-state index contributed by atoms with van der Waals surface area (Å²) in [6.45, 7) is 3.35. The molecule has 0 aliphatic carbocycles. The van der Waals surface area contributed by atoms with E-state index in [9.17, 15) is 8.42 Å². The van der Waals surface area contributed by atoms with Crippen molar-refractivity contribution in [3.8, 4) is 0 Å². The fraction of sp³-hybridized carbons (Fsp3) is 0.200. The van der Waals surface area contributed by atoms with Gasteiger partial charge in [-0.05, 0) is 49.6 Å². The van der Waals surface area contributed by atoms with Crippen molar-refractivity contribution < 1.29 is 8.42 Å². The topological polar surface area (TPSA) is 72.0 Å². The Balaban J connectivity index is 1.90. The maximum Gasteiger partial charge on any atom is 0.180 e. The van der Waals surface area contributed by atoms with Crippen LogP contribution in [0, 0.1) is 0 Å². The first-order valence-electron chi connectivity index (χ1n) is 6.77. The van der Waals surface area contributed by atoms with Gasteiger partial charge in [-0.1, -0.05) is 0 Å². The highest BCUT2D eigenvalue weighted by Gasteiger charge is 2.18. The molecule has 0 unspecified atom stereocenters. The molecule has 0 amide bonds. The third-order valence-corrected chi connectivity index (χ3v) is 6.32. The van der Waals surface area contributed by atoms with Crippen molar-refractivity contribution in [1.82, 2.24) is 9.97 Å². The van der Waals surface area contributed by atoms with Crippen molar-refractivity contribution in [2.75, 3.05) is 5.32 Å². The molecule has 0 spiro atoms. The average molecular weight is 333 g/mol. The molecule has 0 atom stereocenters. The standard InChI is InChI=1S/C15H15N3O2S2/c1-10(2)22(19,20)12-5-3-11(4-6-12)18-14-13-7-8-21-15(13)17-9-16-14/h3-10H,1-2H3,(H,16,17,18). The molecule has 7 heteroatoms. The van der Waals surface area contributed by atoms with Crippen molar-refractivity contribution >= 4 is 42.9 Å². The van der Waals surface area contributed by atoms with E-state index in [1.807, 2.05) is 11.4 Å². The zero-order valence-corrected chi connectivity index (χ0v) is 13.8. The summed E-state index contributed by atoms with van der Waals surface area (Å²) in [6, 6.07) is 8.68. The molecule has 0 aliphatic heterocycles. The lowest BCUT2D eigenvalue weighted by Gasteiger charge is -2.10. The highest BCUT2D eigenvalue weighted by atomic mass is 32.2. The Labute approximate surface area is 133 Å². The lowest BCUT2D eigenvalue weighted by Crippen LogP contribution is -2.13. The second-order valence-corrected chi connectivity index (χ2v) is 8.50. The number of nitrogens with zero attached hydrogens (tertiary/aromatic N) is 2. The average Bonchev–Trinajstić information content (AvgIpc) is 2.97. The SMILES string of the molecule is CC(C)S(=O)(=O)c1ccc(Nc2ncnc3sccc23)cc1. The summed E-state index contributed by atoms with van der Waals surface area (Å²) < 4.78 is 24.2. The van der Waals surface area contributed by atoms with E-state index in [1.165, 1.54) is 6.33 Å². The van der Waals surface area contributed by atoms with E-state index in [1.54, 1.807) is 49.4 Å². The van der Waals surface area contributed by atoms with Gasteiger partial charge in [0.05, 0.1) is 15.5 Å². The summed E-state index contributed by atoms with van der Waals surface area (Å²) in [5.74, 6) is 0.714. The van der Waals surface area contributed by atoms with Gasteiger partial charge < -0.3 is 5.32 Å². The summed E-state index contributed by atoms with van der Waals surface area (Å²) >= 11 is 1.55. The van der Waals surface area contributed by atoms with Gasteiger partial charge in [0.15, 0.2) is 9.84 Å². The Morgan fingerprint density at radius 3 is 2.50 bits per heavy atom. The van der Waals surface area contributed by atoms with E-state index in [2.05, 4.69) is 15.3 Å². The predicted octanol–water partition coefficient (Wildman–Crippen LogP) is 3.62. The molecule has 0 saturated heterocycles. The van der Waals surface area contributed by atoms with Crippen LogP contribution in [0.15, 0.2) is 46.9 Å². The van der Waals surface area contributed by atoms with Crippen molar-refractivity contribution in [1.29, 1.82) is 0 Å². The molecule has 5 nitrogen and oxygen atoms in total. The molecule has 2 heterocycles. The summed E-state index contributed by atoms with van der Waals surface area (Å²) in [7, 11) is -3.24. The first kappa shape index (κ1) is 14.9. The molecule has 1 aromatic carbocycles. The Bertz CT molecular complexity index is 900. The van der Waals surface area contributed by atoms with Crippen LogP contribution < -0.4 is 5.32 Å². The van der Waals surface area contributed by atoms with E-state index in [0.717, 1.165) is 15.9 Å². The number of rotatable bonds is 4. The molecule has 0 fully saturated rings. The van der Waals surface area contributed by atoms with Crippen LogP contribution in [0.3, 0.4) is 0 Å². The number of hydrogen-bond acceptors (Lipinski definition) is 6. The van der Waals surface area contributed by atoms with E-state index in [4.69, 9.17) is 0 Å². The van der Waals surface area contributed by atoms with Gasteiger partial charge in [0, 0.05) is 5.69 Å². The molecular formula is C15H15N3O2S2. The van der Waals surface area contributed by atoms with Crippen molar-refractivity contribution in [2.24, 2.45) is 0 Å². The second-order valence-electron chi connectivity index (χ2n) is 5.10. The van der Waals surface area contributed by atoms with Crippen LogP contribution in [-0.4, -0.2) is 23.6 Å². The van der Waals surface area contributed by atoms with Crippen LogP contribution in [0.5, 0.6) is 0 Å². The van der Waals surface area contributed by atoms with Crippen LogP contribution in [0.1, 0.15) is 13.8 Å². The summed E-state index contributed by atoms with van der Waals surface area (Å²) in [5, 5.41) is 5.68. The smallest absolute Gasteiger partial charge is 0.180 e. The molecule has 114 valence electrons. The Morgan fingerprint density at radius 2 is 1.82 bits per heavy atom. The summed E-state index contributed by atoms with van der Waals surface area (Å²) in [5.41, 5.74) is 0.786. The van der Waals surface area contributed by atoms with Gasteiger partial charge in [0.1, 0.15) is 17.0 Å². The van der Waals surface area contributed by atoms with Crippen LogP contribution in [0.25, 0.3) is 10.2 Å². The Kier molecular flexibility index (Phi) is 3.84. The first-order chi connectivity index (χ1) is 10.5.